The van der Waals surface area contributed by atoms with Gasteiger partial charge in [-0.05, 0) is 76.5 Å². The molecule has 14 heteroatoms. The van der Waals surface area contributed by atoms with E-state index < -0.39 is 64.6 Å². The van der Waals surface area contributed by atoms with Gasteiger partial charge in [0.25, 0.3) is 5.91 Å². The predicted molar refractivity (Wildman–Crippen MR) is 193 cm³/mol. The minimum absolute atomic E-state index is 0.0786. The van der Waals surface area contributed by atoms with Crippen LogP contribution in [-0.4, -0.2) is 86.0 Å². The van der Waals surface area contributed by atoms with Crippen LogP contribution < -0.4 is 21.4 Å². The van der Waals surface area contributed by atoms with Crippen molar-refractivity contribution in [2.45, 2.75) is 161 Å². The van der Waals surface area contributed by atoms with Gasteiger partial charge in [-0.1, -0.05) is 66.2 Å². The van der Waals surface area contributed by atoms with Crippen LogP contribution in [0.1, 0.15) is 136 Å². The fourth-order valence-electron chi connectivity index (χ4n) is 7.77. The number of nitrogens with zero attached hydrogens (tertiary/aromatic N) is 3. The van der Waals surface area contributed by atoms with Crippen molar-refractivity contribution in [1.82, 2.24) is 36.3 Å². The zero-order valence-corrected chi connectivity index (χ0v) is 32.0. The highest BCUT2D eigenvalue weighted by atomic mass is 16.7. The molecule has 3 aliphatic rings. The first-order valence-electron chi connectivity index (χ1n) is 19.0. The number of carbonyl (C=O) groups excluding carboxylic acids is 6. The van der Waals surface area contributed by atoms with E-state index in [0.29, 0.717) is 19.3 Å². The van der Waals surface area contributed by atoms with Gasteiger partial charge in [0.1, 0.15) is 23.8 Å². The van der Waals surface area contributed by atoms with Crippen LogP contribution in [0.5, 0.6) is 0 Å². The lowest BCUT2D eigenvalue weighted by Crippen LogP contribution is -2.63. The Balaban J connectivity index is 1.59. The summed E-state index contributed by atoms with van der Waals surface area (Å²) in [6.07, 6.45) is 13.2. The van der Waals surface area contributed by atoms with Gasteiger partial charge in [-0.2, -0.15) is 0 Å². The summed E-state index contributed by atoms with van der Waals surface area (Å²) < 4.78 is 0. The molecule has 6 atom stereocenters. The Morgan fingerprint density at radius 3 is 2.17 bits per heavy atom. The van der Waals surface area contributed by atoms with E-state index in [0.717, 1.165) is 51.4 Å². The van der Waals surface area contributed by atoms with Crippen LogP contribution in [0.3, 0.4) is 0 Å². The van der Waals surface area contributed by atoms with Crippen molar-refractivity contribution in [1.29, 1.82) is 0 Å². The van der Waals surface area contributed by atoms with E-state index >= 15 is 0 Å². The first kappa shape index (κ1) is 40.8. The molecule has 1 aliphatic heterocycles. The Bertz CT molecular complexity index is 1440. The molecule has 288 valence electrons. The van der Waals surface area contributed by atoms with Gasteiger partial charge in [-0.25, -0.2) is 10.5 Å². The van der Waals surface area contributed by atoms with Gasteiger partial charge in [0.2, 0.25) is 23.5 Å². The number of hydroxylamine groups is 1. The fourth-order valence-corrected chi connectivity index (χ4v) is 7.77. The maximum Gasteiger partial charge on any atom is 0.313 e. The van der Waals surface area contributed by atoms with Gasteiger partial charge >= 0.3 is 5.91 Å². The highest BCUT2D eigenvalue weighted by molar-refractivity contribution is 6.38. The van der Waals surface area contributed by atoms with E-state index in [4.69, 9.17) is 4.84 Å². The number of nitrogens with one attached hydrogen (secondary N) is 4. The Labute approximate surface area is 307 Å². The molecule has 3 fully saturated rings. The highest BCUT2D eigenvalue weighted by Crippen LogP contribution is 2.41. The molecule has 0 radical (unpaired) electrons. The minimum atomic E-state index is -1.10. The second kappa shape index (κ2) is 17.7. The molecule has 0 bridgehead atoms. The maximum absolute atomic E-state index is 14.9. The number of carbonyl (C=O) groups is 6. The smallest absolute Gasteiger partial charge is 0.313 e. The highest BCUT2D eigenvalue weighted by Gasteiger charge is 2.51. The number of rotatable bonds is 13. The van der Waals surface area contributed by atoms with Crippen LogP contribution >= 0.6 is 0 Å². The molecule has 2 saturated carbocycles. The SMILES string of the molecule is CCC[C@H](NC(=O)[C@@H]1C[C@@H]2CCCC[C@@H]2N1C(=O)[C@@H](NC(=O)[C@@H](NC(=O)c1cnccn1)C1CCCCC1)C(C)(C)C)C(=O)C(=O)NOC(C)(C)C. The van der Waals surface area contributed by atoms with Gasteiger partial charge in [-0.15, -0.1) is 0 Å². The molecule has 1 aromatic rings. The van der Waals surface area contributed by atoms with Crippen molar-refractivity contribution in [2.24, 2.45) is 17.3 Å². The monoisotopic (exact) mass is 725 g/mol. The fraction of sp³-hybridized carbons (Fsp3) is 0.737. The number of fused-ring (bicyclic) bond motifs is 1. The van der Waals surface area contributed by atoms with Crippen LogP contribution in [0.25, 0.3) is 0 Å². The number of aromatic nitrogens is 2. The normalized spacial score (nSPS) is 22.7. The lowest BCUT2D eigenvalue weighted by molar-refractivity contribution is -0.155. The summed E-state index contributed by atoms with van der Waals surface area (Å²) in [5.74, 6) is -3.71. The van der Waals surface area contributed by atoms with E-state index in [2.05, 4.69) is 31.4 Å². The van der Waals surface area contributed by atoms with E-state index in [-0.39, 0.29) is 35.9 Å². The maximum atomic E-state index is 14.9. The third-order valence-electron chi connectivity index (χ3n) is 10.4. The van der Waals surface area contributed by atoms with E-state index in [1.54, 1.807) is 25.7 Å². The molecule has 1 saturated heterocycles. The van der Waals surface area contributed by atoms with Crippen LogP contribution in [0.15, 0.2) is 18.6 Å². The third-order valence-corrected chi connectivity index (χ3v) is 10.4. The van der Waals surface area contributed by atoms with E-state index in [1.807, 2.05) is 27.7 Å². The molecule has 2 heterocycles. The lowest BCUT2D eigenvalue weighted by Gasteiger charge is -2.40. The molecule has 0 aromatic carbocycles. The summed E-state index contributed by atoms with van der Waals surface area (Å²) >= 11 is 0. The zero-order chi connectivity index (χ0) is 38.2. The number of Topliss-reactive ketones (excluding diaryl/α,β-unsaturated/α-hetero) is 1. The van der Waals surface area contributed by atoms with Crippen molar-refractivity contribution in [3.63, 3.8) is 0 Å². The first-order chi connectivity index (χ1) is 24.5. The van der Waals surface area contributed by atoms with Gasteiger partial charge in [0.15, 0.2) is 0 Å². The van der Waals surface area contributed by atoms with Gasteiger partial charge < -0.3 is 20.9 Å². The van der Waals surface area contributed by atoms with Crippen molar-refractivity contribution < 1.29 is 33.6 Å². The van der Waals surface area contributed by atoms with Crippen molar-refractivity contribution in [3.05, 3.63) is 24.3 Å². The quantitative estimate of drug-likeness (QED) is 0.174. The molecule has 0 spiro atoms. The summed E-state index contributed by atoms with van der Waals surface area (Å²) in [5, 5.41) is 8.73. The standard InChI is InChI=1S/C38H59N7O7/c1-8-14-25(30(46)35(50)44-52-38(5,6)7)41-33(48)28-21-24-17-12-13-18-27(24)45(28)36(51)31(37(2,3)4)43-34(49)29(23-15-10-9-11-16-23)42-32(47)26-22-39-19-20-40-26/h19-20,22-25,27-29,31H,8-18,21H2,1-7H3,(H,41,48)(H,42,47)(H,43,49)(H,44,50)/t24-,25-,27-,28-,29-,31+/m0/s1. The molecular weight excluding hydrogens is 666 g/mol. The van der Waals surface area contributed by atoms with E-state index in [1.165, 1.54) is 18.6 Å². The largest absolute Gasteiger partial charge is 0.344 e. The van der Waals surface area contributed by atoms with Crippen LogP contribution in [0.2, 0.25) is 0 Å². The number of ketones is 1. The molecule has 2 aliphatic carbocycles. The summed E-state index contributed by atoms with van der Waals surface area (Å²) in [6.45, 7) is 12.6. The van der Waals surface area contributed by atoms with Crippen molar-refractivity contribution in [2.75, 3.05) is 0 Å². The van der Waals surface area contributed by atoms with Crippen LogP contribution in [0.4, 0.5) is 0 Å². The van der Waals surface area contributed by atoms with Crippen LogP contribution in [-0.2, 0) is 28.8 Å². The minimum Gasteiger partial charge on any atom is -0.344 e. The molecule has 4 N–H and O–H groups in total. The van der Waals surface area contributed by atoms with E-state index in [9.17, 15) is 28.8 Å². The Kier molecular flexibility index (Phi) is 13.9. The topological polar surface area (TPSA) is 189 Å². The molecule has 52 heavy (non-hydrogen) atoms. The first-order valence-corrected chi connectivity index (χ1v) is 19.0. The summed E-state index contributed by atoms with van der Waals surface area (Å²) in [4.78, 5) is 97.4. The summed E-state index contributed by atoms with van der Waals surface area (Å²) in [7, 11) is 0. The Hall–Kier alpha value is -3.94. The van der Waals surface area contributed by atoms with Crippen LogP contribution in [0, 0.1) is 17.3 Å². The van der Waals surface area contributed by atoms with Gasteiger partial charge in [0, 0.05) is 18.4 Å². The van der Waals surface area contributed by atoms with Crippen molar-refractivity contribution >= 4 is 35.3 Å². The Morgan fingerprint density at radius 1 is 0.885 bits per heavy atom. The predicted octanol–water partition coefficient (Wildman–Crippen LogP) is 3.55. The molecule has 0 unspecified atom stereocenters. The molecular formula is C38H59N7O7. The Morgan fingerprint density at radius 2 is 1.56 bits per heavy atom. The molecule has 14 nitrogen and oxygen atoms in total. The lowest BCUT2D eigenvalue weighted by atomic mass is 9.81. The number of hydrogen-bond acceptors (Lipinski definition) is 9. The van der Waals surface area contributed by atoms with Crippen molar-refractivity contribution in [3.8, 4) is 0 Å². The third kappa shape index (κ3) is 10.6. The van der Waals surface area contributed by atoms with Gasteiger partial charge in [-0.3, -0.25) is 38.6 Å². The molecule has 4 rings (SSSR count). The number of hydrogen-bond donors (Lipinski definition) is 4. The summed E-state index contributed by atoms with van der Waals surface area (Å²) in [6, 6.07) is -4.14. The zero-order valence-electron chi connectivity index (χ0n) is 32.0. The summed E-state index contributed by atoms with van der Waals surface area (Å²) in [5.41, 5.74) is 0.799. The average Bonchev–Trinajstić information content (AvgIpc) is 3.51. The molecule has 5 amide bonds. The molecule has 1 aromatic heterocycles. The number of likely N-dealkylation sites (tertiary alicyclic amines) is 1. The number of amides is 5. The average molecular weight is 726 g/mol. The van der Waals surface area contributed by atoms with Gasteiger partial charge in [0.05, 0.1) is 17.8 Å². The second-order valence-corrected chi connectivity index (χ2v) is 16.7. The second-order valence-electron chi connectivity index (χ2n) is 16.7.